The lowest BCUT2D eigenvalue weighted by molar-refractivity contribution is 0.184. The van der Waals surface area contributed by atoms with Crippen molar-refractivity contribution >= 4 is 28.0 Å². The first-order valence-electron chi connectivity index (χ1n) is 10.4. The third-order valence-electron chi connectivity index (χ3n) is 4.60. The van der Waals surface area contributed by atoms with Gasteiger partial charge >= 0.3 is 0 Å². The van der Waals surface area contributed by atoms with E-state index in [9.17, 15) is 5.26 Å². The minimum atomic E-state index is 0.323. The molecule has 8 heteroatoms. The van der Waals surface area contributed by atoms with Crippen LogP contribution in [-0.4, -0.2) is 24.9 Å². The van der Waals surface area contributed by atoms with E-state index in [1.54, 1.807) is 13.3 Å². The quantitative estimate of drug-likeness (QED) is 0.283. The van der Waals surface area contributed by atoms with Gasteiger partial charge in [0.2, 0.25) is 0 Å². The highest BCUT2D eigenvalue weighted by molar-refractivity contribution is 9.10. The van der Waals surface area contributed by atoms with Crippen LogP contribution >= 0.6 is 15.9 Å². The molecule has 0 atom stereocenters. The summed E-state index contributed by atoms with van der Waals surface area (Å²) in [5.41, 5.74) is 6.68. The number of anilines is 1. The number of nitrogens with one attached hydrogen (secondary N) is 1. The molecule has 2 aromatic carbocycles. The Morgan fingerprint density at radius 1 is 1.09 bits per heavy atom. The van der Waals surface area contributed by atoms with Crippen molar-refractivity contribution in [3.63, 3.8) is 0 Å². The van der Waals surface area contributed by atoms with Gasteiger partial charge in [-0.1, -0.05) is 28.1 Å². The van der Waals surface area contributed by atoms with Crippen LogP contribution in [0.1, 0.15) is 34.9 Å². The standard InChI is InChI=1S/C25H25BrN4O3/c1-4-32-24-12-19(7-10-23(24)33-15-18-5-8-21(26)9-6-18)14-28-30-25-22(13-27)20(16-31-3)11-17(2)29-25/h5-12,14H,4,15-16H2,1-3H3,(H,29,30). The van der Waals surface area contributed by atoms with Gasteiger partial charge in [0, 0.05) is 22.8 Å². The van der Waals surface area contributed by atoms with E-state index in [0.29, 0.717) is 42.7 Å². The van der Waals surface area contributed by atoms with Gasteiger partial charge in [-0.05, 0) is 61.4 Å². The molecule has 170 valence electrons. The fraction of sp³-hybridized carbons (Fsp3) is 0.240. The molecule has 1 N–H and O–H groups in total. The van der Waals surface area contributed by atoms with Crippen LogP contribution in [-0.2, 0) is 18.0 Å². The van der Waals surface area contributed by atoms with Gasteiger partial charge in [0.05, 0.1) is 19.4 Å². The number of methoxy groups -OCH3 is 1. The first-order chi connectivity index (χ1) is 16.0. The molecule has 0 aliphatic rings. The van der Waals surface area contributed by atoms with E-state index >= 15 is 0 Å². The van der Waals surface area contributed by atoms with E-state index in [-0.39, 0.29) is 0 Å². The third kappa shape index (κ3) is 6.78. The molecule has 0 unspecified atom stereocenters. The second-order valence-electron chi connectivity index (χ2n) is 7.12. The predicted molar refractivity (Wildman–Crippen MR) is 132 cm³/mol. The number of aryl methyl sites for hydroxylation is 1. The van der Waals surface area contributed by atoms with Gasteiger partial charge in [-0.15, -0.1) is 0 Å². The predicted octanol–water partition coefficient (Wildman–Crippen LogP) is 5.59. The molecule has 1 aromatic heterocycles. The number of ether oxygens (including phenoxy) is 3. The zero-order valence-corrected chi connectivity index (χ0v) is 20.3. The lowest BCUT2D eigenvalue weighted by Gasteiger charge is -2.13. The van der Waals surface area contributed by atoms with Gasteiger partial charge in [0.15, 0.2) is 17.3 Å². The number of halogens is 1. The first-order valence-corrected chi connectivity index (χ1v) is 11.2. The Morgan fingerprint density at radius 2 is 1.88 bits per heavy atom. The molecule has 1 heterocycles. The van der Waals surface area contributed by atoms with Gasteiger partial charge in [0.1, 0.15) is 18.2 Å². The van der Waals surface area contributed by atoms with Crippen molar-refractivity contribution in [3.8, 4) is 17.6 Å². The highest BCUT2D eigenvalue weighted by atomic mass is 79.9. The van der Waals surface area contributed by atoms with Crippen molar-refractivity contribution in [2.45, 2.75) is 27.1 Å². The number of benzene rings is 2. The molecular formula is C25H25BrN4O3. The molecule has 0 radical (unpaired) electrons. The van der Waals surface area contributed by atoms with Crippen molar-refractivity contribution in [1.29, 1.82) is 5.26 Å². The molecule has 0 bridgehead atoms. The molecule has 0 spiro atoms. The number of aromatic nitrogens is 1. The van der Waals surface area contributed by atoms with Crippen LogP contribution in [0.2, 0.25) is 0 Å². The SMILES string of the molecule is CCOc1cc(C=NNc2nc(C)cc(COC)c2C#N)ccc1OCc1ccc(Br)cc1. The van der Waals surface area contributed by atoms with E-state index in [1.807, 2.05) is 62.4 Å². The molecule has 0 aliphatic carbocycles. The summed E-state index contributed by atoms with van der Waals surface area (Å²) in [5, 5.41) is 13.8. The van der Waals surface area contributed by atoms with Gasteiger partial charge in [-0.2, -0.15) is 10.4 Å². The zero-order valence-electron chi connectivity index (χ0n) is 18.8. The molecular weight excluding hydrogens is 484 g/mol. The van der Waals surface area contributed by atoms with E-state index in [4.69, 9.17) is 14.2 Å². The highest BCUT2D eigenvalue weighted by Gasteiger charge is 2.11. The third-order valence-corrected chi connectivity index (χ3v) is 5.13. The van der Waals surface area contributed by atoms with Crippen molar-refractivity contribution in [3.05, 3.63) is 81.0 Å². The summed E-state index contributed by atoms with van der Waals surface area (Å²) in [5.74, 6) is 1.67. The van der Waals surface area contributed by atoms with Crippen LogP contribution in [0.15, 0.2) is 58.1 Å². The number of rotatable bonds is 10. The van der Waals surface area contributed by atoms with Crippen LogP contribution < -0.4 is 14.9 Å². The first kappa shape index (κ1) is 24.2. The average molecular weight is 509 g/mol. The molecule has 33 heavy (non-hydrogen) atoms. The summed E-state index contributed by atoms with van der Waals surface area (Å²) in [6.45, 7) is 5.04. The minimum absolute atomic E-state index is 0.323. The number of nitrogens with zero attached hydrogens (tertiary/aromatic N) is 3. The number of nitriles is 1. The zero-order chi connectivity index (χ0) is 23.6. The largest absolute Gasteiger partial charge is 0.490 e. The molecule has 0 aliphatic heterocycles. The molecule has 0 saturated carbocycles. The van der Waals surface area contributed by atoms with Crippen molar-refractivity contribution in [2.24, 2.45) is 5.10 Å². The van der Waals surface area contributed by atoms with Gasteiger partial charge in [-0.25, -0.2) is 4.98 Å². The summed E-state index contributed by atoms with van der Waals surface area (Å²) in [6.07, 6.45) is 1.64. The number of pyridine rings is 1. The fourth-order valence-corrected chi connectivity index (χ4v) is 3.38. The molecule has 3 aromatic rings. The normalized spacial score (nSPS) is 10.8. The van der Waals surface area contributed by atoms with Crippen LogP contribution in [0.3, 0.4) is 0 Å². The highest BCUT2D eigenvalue weighted by Crippen LogP contribution is 2.29. The Bertz CT molecular complexity index is 1160. The number of hydrogen-bond donors (Lipinski definition) is 1. The lowest BCUT2D eigenvalue weighted by Crippen LogP contribution is -2.04. The Kier molecular flexibility index (Phi) is 8.81. The van der Waals surface area contributed by atoms with Crippen molar-refractivity contribution < 1.29 is 14.2 Å². The van der Waals surface area contributed by atoms with Gasteiger partial charge in [0.25, 0.3) is 0 Å². The summed E-state index contributed by atoms with van der Waals surface area (Å²) >= 11 is 3.44. The van der Waals surface area contributed by atoms with Crippen LogP contribution in [0.4, 0.5) is 5.82 Å². The smallest absolute Gasteiger partial charge is 0.164 e. The summed E-state index contributed by atoms with van der Waals surface area (Å²) in [4.78, 5) is 4.39. The maximum Gasteiger partial charge on any atom is 0.164 e. The van der Waals surface area contributed by atoms with Crippen LogP contribution in [0, 0.1) is 18.3 Å². The van der Waals surface area contributed by atoms with Gasteiger partial charge < -0.3 is 14.2 Å². The second kappa shape index (κ2) is 12.0. The Morgan fingerprint density at radius 3 is 2.58 bits per heavy atom. The second-order valence-corrected chi connectivity index (χ2v) is 8.03. The molecule has 0 amide bonds. The Hall–Kier alpha value is -3.41. The monoisotopic (exact) mass is 508 g/mol. The average Bonchev–Trinajstić information content (AvgIpc) is 2.80. The van der Waals surface area contributed by atoms with E-state index in [0.717, 1.165) is 26.9 Å². The summed E-state index contributed by atoms with van der Waals surface area (Å²) < 4.78 is 17.9. The molecule has 0 saturated heterocycles. The Labute approximate surface area is 202 Å². The maximum atomic E-state index is 9.54. The summed E-state index contributed by atoms with van der Waals surface area (Å²) in [7, 11) is 1.59. The number of hydrogen-bond acceptors (Lipinski definition) is 7. The van der Waals surface area contributed by atoms with E-state index in [2.05, 4.69) is 37.5 Å². The Balaban J connectivity index is 1.74. The van der Waals surface area contributed by atoms with Crippen LogP contribution in [0.5, 0.6) is 11.5 Å². The van der Waals surface area contributed by atoms with Crippen molar-refractivity contribution in [2.75, 3.05) is 19.1 Å². The fourth-order valence-electron chi connectivity index (χ4n) is 3.12. The topological polar surface area (TPSA) is 88.8 Å². The summed E-state index contributed by atoms with van der Waals surface area (Å²) in [6, 6.07) is 17.6. The maximum absolute atomic E-state index is 9.54. The molecule has 3 rings (SSSR count). The van der Waals surface area contributed by atoms with E-state index in [1.165, 1.54) is 0 Å². The molecule has 0 fully saturated rings. The van der Waals surface area contributed by atoms with Gasteiger partial charge in [-0.3, -0.25) is 5.43 Å². The van der Waals surface area contributed by atoms with Crippen LogP contribution in [0.25, 0.3) is 0 Å². The lowest BCUT2D eigenvalue weighted by atomic mass is 10.1. The molecule has 7 nitrogen and oxygen atoms in total. The number of hydrazone groups is 1. The van der Waals surface area contributed by atoms with Crippen molar-refractivity contribution in [1.82, 2.24) is 4.98 Å². The minimum Gasteiger partial charge on any atom is -0.490 e. The van der Waals surface area contributed by atoms with E-state index < -0.39 is 0 Å².